The van der Waals surface area contributed by atoms with E-state index in [1.54, 1.807) is 19.1 Å². The van der Waals surface area contributed by atoms with Gasteiger partial charge in [-0.2, -0.15) is 0 Å². The van der Waals surface area contributed by atoms with E-state index in [0.717, 1.165) is 34.0 Å². The second-order valence-electron chi connectivity index (χ2n) is 5.74. The van der Waals surface area contributed by atoms with Crippen LogP contribution in [0.3, 0.4) is 0 Å². The van der Waals surface area contributed by atoms with Gasteiger partial charge in [-0.25, -0.2) is 21.9 Å². The first kappa shape index (κ1) is 17.2. The summed E-state index contributed by atoms with van der Waals surface area (Å²) >= 11 is 0. The van der Waals surface area contributed by atoms with E-state index in [-0.39, 0.29) is 21.3 Å². The summed E-state index contributed by atoms with van der Waals surface area (Å²) in [7, 11) is -3.93. The van der Waals surface area contributed by atoms with Crippen LogP contribution in [0.25, 0.3) is 5.69 Å². The van der Waals surface area contributed by atoms with Gasteiger partial charge in [0, 0.05) is 6.07 Å². The molecule has 3 aromatic rings. The molecule has 0 spiro atoms. The third-order valence-electron chi connectivity index (χ3n) is 4.03. The second-order valence-corrected chi connectivity index (χ2v) is 7.60. The largest absolute Gasteiger partial charge is 0.227 e. The summed E-state index contributed by atoms with van der Waals surface area (Å²) in [6.07, 6.45) is 0. The Morgan fingerprint density at radius 2 is 1.68 bits per heavy atom. The molecule has 25 heavy (non-hydrogen) atoms. The van der Waals surface area contributed by atoms with Gasteiger partial charge in [0.05, 0.1) is 10.6 Å². The lowest BCUT2D eigenvalue weighted by molar-refractivity contribution is 0.582. The smallest absolute Gasteiger partial charge is 0.217 e. The van der Waals surface area contributed by atoms with Crippen LogP contribution < -0.4 is 0 Å². The van der Waals surface area contributed by atoms with Gasteiger partial charge in [-0.05, 0) is 56.2 Å². The molecule has 0 aliphatic carbocycles. The number of hydrogen-bond donors (Lipinski definition) is 0. The Morgan fingerprint density at radius 3 is 2.36 bits per heavy atom. The zero-order valence-electron chi connectivity index (χ0n) is 13.8. The fourth-order valence-corrected chi connectivity index (χ4v) is 3.86. The van der Waals surface area contributed by atoms with Crippen LogP contribution in [-0.2, 0) is 9.84 Å². The van der Waals surface area contributed by atoms with Gasteiger partial charge in [0.25, 0.3) is 0 Å². The molecule has 1 aromatic heterocycles. The number of hydrogen-bond acceptors (Lipinski definition) is 4. The van der Waals surface area contributed by atoms with Gasteiger partial charge in [0.15, 0.2) is 0 Å². The minimum absolute atomic E-state index is 0.0745. The van der Waals surface area contributed by atoms with Crippen molar-refractivity contribution >= 4 is 9.84 Å². The molecule has 0 aliphatic heterocycles. The van der Waals surface area contributed by atoms with E-state index in [2.05, 4.69) is 10.3 Å². The molecule has 3 rings (SSSR count). The highest BCUT2D eigenvalue weighted by Gasteiger charge is 2.27. The number of benzene rings is 2. The van der Waals surface area contributed by atoms with Crippen LogP contribution in [0.1, 0.15) is 16.8 Å². The quantitative estimate of drug-likeness (QED) is 0.716. The number of rotatable bonds is 3. The average molecular weight is 363 g/mol. The molecule has 0 N–H and O–H groups in total. The predicted octanol–water partition coefficient (Wildman–Crippen LogP) is 3.30. The van der Waals surface area contributed by atoms with Crippen molar-refractivity contribution in [3.05, 3.63) is 64.9 Å². The molecule has 1 heterocycles. The molecule has 0 aliphatic rings. The lowest BCUT2D eigenvalue weighted by Crippen LogP contribution is -2.07. The Balaban J connectivity index is 2.15. The van der Waals surface area contributed by atoms with E-state index in [1.165, 1.54) is 13.0 Å². The monoisotopic (exact) mass is 363 g/mol. The molecular formula is C17H15F2N3O2S. The van der Waals surface area contributed by atoms with Crippen molar-refractivity contribution in [1.29, 1.82) is 0 Å². The van der Waals surface area contributed by atoms with Crippen molar-refractivity contribution < 1.29 is 17.2 Å². The zero-order valence-corrected chi connectivity index (χ0v) is 14.6. The molecule has 2 aromatic carbocycles. The molecule has 0 amide bonds. The van der Waals surface area contributed by atoms with Gasteiger partial charge >= 0.3 is 0 Å². The van der Waals surface area contributed by atoms with Crippen molar-refractivity contribution in [2.24, 2.45) is 0 Å². The van der Waals surface area contributed by atoms with Crippen LogP contribution in [0.2, 0.25) is 0 Å². The van der Waals surface area contributed by atoms with Crippen LogP contribution in [-0.4, -0.2) is 23.4 Å². The third-order valence-corrected chi connectivity index (χ3v) is 5.79. The second kappa shape index (κ2) is 6.03. The van der Waals surface area contributed by atoms with Crippen LogP contribution in [0, 0.1) is 32.4 Å². The minimum Gasteiger partial charge on any atom is -0.217 e. The SMILES string of the molecule is Cc1ccc(S(=O)(=O)c2nnn(-c3cc(F)ccc3F)c2C)cc1C. The summed E-state index contributed by atoms with van der Waals surface area (Å²) in [4.78, 5) is 0.0745. The van der Waals surface area contributed by atoms with Crippen LogP contribution in [0.4, 0.5) is 8.78 Å². The summed E-state index contributed by atoms with van der Waals surface area (Å²) in [6, 6.07) is 7.59. The maximum absolute atomic E-state index is 14.0. The molecule has 0 saturated carbocycles. The predicted molar refractivity (Wildman–Crippen MR) is 87.4 cm³/mol. The zero-order chi connectivity index (χ0) is 18.4. The Bertz CT molecular complexity index is 1080. The Hall–Kier alpha value is -2.61. The van der Waals surface area contributed by atoms with Gasteiger partial charge in [-0.1, -0.05) is 11.3 Å². The molecule has 8 heteroatoms. The Labute approximate surface area is 143 Å². The number of aromatic nitrogens is 3. The Morgan fingerprint density at radius 1 is 0.960 bits per heavy atom. The van der Waals surface area contributed by atoms with Gasteiger partial charge in [0.2, 0.25) is 14.9 Å². The van der Waals surface area contributed by atoms with Crippen LogP contribution in [0.5, 0.6) is 0 Å². The summed E-state index contributed by atoms with van der Waals surface area (Å²) in [5, 5.41) is 7.11. The highest BCUT2D eigenvalue weighted by atomic mass is 32.2. The van der Waals surface area contributed by atoms with E-state index in [1.807, 2.05) is 6.92 Å². The lowest BCUT2D eigenvalue weighted by atomic mass is 10.1. The first-order valence-corrected chi connectivity index (χ1v) is 8.90. The van der Waals surface area contributed by atoms with Gasteiger partial charge in [0.1, 0.15) is 17.3 Å². The first-order valence-electron chi connectivity index (χ1n) is 7.42. The molecule has 0 bridgehead atoms. The fraction of sp³-hybridized carbons (Fsp3) is 0.176. The van der Waals surface area contributed by atoms with Gasteiger partial charge in [-0.15, -0.1) is 5.10 Å². The van der Waals surface area contributed by atoms with Gasteiger partial charge < -0.3 is 0 Å². The van der Waals surface area contributed by atoms with E-state index in [9.17, 15) is 17.2 Å². The molecule has 130 valence electrons. The van der Waals surface area contributed by atoms with Crippen molar-refractivity contribution in [1.82, 2.24) is 15.0 Å². The fourth-order valence-electron chi connectivity index (χ4n) is 2.43. The average Bonchev–Trinajstić information content (AvgIpc) is 2.94. The van der Waals surface area contributed by atoms with Crippen molar-refractivity contribution in [2.45, 2.75) is 30.7 Å². The van der Waals surface area contributed by atoms with Crippen molar-refractivity contribution in [2.75, 3.05) is 0 Å². The van der Waals surface area contributed by atoms with Crippen molar-refractivity contribution in [3.63, 3.8) is 0 Å². The summed E-state index contributed by atoms with van der Waals surface area (Å²) in [5.74, 6) is -1.39. The Kier molecular flexibility index (Phi) is 4.16. The van der Waals surface area contributed by atoms with E-state index < -0.39 is 21.5 Å². The molecule has 5 nitrogen and oxygen atoms in total. The molecule has 0 fully saturated rings. The van der Waals surface area contributed by atoms with E-state index >= 15 is 0 Å². The number of nitrogens with zero attached hydrogens (tertiary/aromatic N) is 3. The summed E-state index contributed by atoms with van der Waals surface area (Å²) < 4.78 is 54.0. The number of halogens is 2. The molecule has 0 atom stereocenters. The maximum Gasteiger partial charge on any atom is 0.227 e. The third kappa shape index (κ3) is 2.93. The first-order chi connectivity index (χ1) is 11.7. The molecule has 0 radical (unpaired) electrons. The lowest BCUT2D eigenvalue weighted by Gasteiger charge is -2.07. The van der Waals surface area contributed by atoms with Crippen molar-refractivity contribution in [3.8, 4) is 5.69 Å². The van der Waals surface area contributed by atoms with E-state index in [4.69, 9.17) is 0 Å². The minimum atomic E-state index is -3.93. The van der Waals surface area contributed by atoms with Gasteiger partial charge in [-0.3, -0.25) is 0 Å². The number of sulfone groups is 1. The maximum atomic E-state index is 14.0. The number of aryl methyl sites for hydroxylation is 2. The standard InChI is InChI=1S/C17H15F2N3O2S/c1-10-4-6-14(8-11(10)2)25(23,24)17-12(3)22(21-20-17)16-9-13(18)5-7-15(16)19/h4-9H,1-3H3. The summed E-state index contributed by atoms with van der Waals surface area (Å²) in [5.41, 5.74) is 1.68. The van der Waals surface area contributed by atoms with Crippen LogP contribution >= 0.6 is 0 Å². The highest BCUT2D eigenvalue weighted by molar-refractivity contribution is 7.91. The molecule has 0 unspecified atom stereocenters. The normalized spacial score (nSPS) is 11.7. The highest BCUT2D eigenvalue weighted by Crippen LogP contribution is 2.25. The molecule has 0 saturated heterocycles. The summed E-state index contributed by atoms with van der Waals surface area (Å²) in [6.45, 7) is 5.12. The topological polar surface area (TPSA) is 64.8 Å². The van der Waals surface area contributed by atoms with Crippen LogP contribution in [0.15, 0.2) is 46.3 Å². The molecular weight excluding hydrogens is 348 g/mol. The van der Waals surface area contributed by atoms with E-state index in [0.29, 0.717) is 0 Å².